The van der Waals surface area contributed by atoms with E-state index >= 15 is 0 Å². The monoisotopic (exact) mass is 294 g/mol. The standard InChI is InChI=1S/C18H37N.CN/c1-3-5-6-7-8-9-10-11-12-13-15-19-16-14-18(4-2)17-19;1-2/h18H,3-17H2,1-2H3;/q;-1/p+1. The fourth-order valence-electron chi connectivity index (χ4n) is 3.46. The van der Waals surface area contributed by atoms with Gasteiger partial charge in [0.2, 0.25) is 0 Å². The third kappa shape index (κ3) is 11.8. The van der Waals surface area contributed by atoms with Crippen LogP contribution >= 0.6 is 0 Å². The average molecular weight is 295 g/mol. The minimum Gasteiger partial charge on any atom is -0.512 e. The molecule has 0 aromatic heterocycles. The highest BCUT2D eigenvalue weighted by molar-refractivity contribution is 4.60. The van der Waals surface area contributed by atoms with Crippen LogP contribution in [0.25, 0.3) is 0 Å². The van der Waals surface area contributed by atoms with Crippen molar-refractivity contribution < 1.29 is 4.90 Å². The van der Waals surface area contributed by atoms with Crippen molar-refractivity contribution in [1.29, 1.82) is 5.26 Å². The molecule has 124 valence electrons. The Hall–Kier alpha value is -0.550. The Morgan fingerprint density at radius 3 is 1.86 bits per heavy atom. The Labute approximate surface area is 133 Å². The summed E-state index contributed by atoms with van der Waals surface area (Å²) in [6, 6.07) is 0. The van der Waals surface area contributed by atoms with Gasteiger partial charge in [-0.2, -0.15) is 0 Å². The number of hydrogen-bond acceptors (Lipinski definition) is 1. The number of nitrogens with zero attached hydrogens (tertiary/aromatic N) is 1. The van der Waals surface area contributed by atoms with Crippen molar-refractivity contribution in [3.8, 4) is 0 Å². The highest BCUT2D eigenvalue weighted by Crippen LogP contribution is 2.11. The smallest absolute Gasteiger partial charge is 0.0801 e. The molecule has 2 nitrogen and oxygen atoms in total. The molecule has 1 aliphatic rings. The third-order valence-electron chi connectivity index (χ3n) is 4.94. The minimum atomic E-state index is 1.04. The van der Waals surface area contributed by atoms with Crippen LogP contribution in [0.1, 0.15) is 90.9 Å². The molecule has 1 saturated heterocycles. The molecule has 0 aromatic carbocycles. The molecule has 21 heavy (non-hydrogen) atoms. The van der Waals surface area contributed by atoms with Crippen molar-refractivity contribution in [2.24, 2.45) is 5.92 Å². The number of quaternary nitrogens is 1. The van der Waals surface area contributed by atoms with Crippen LogP contribution in [-0.4, -0.2) is 19.6 Å². The van der Waals surface area contributed by atoms with Gasteiger partial charge in [0.25, 0.3) is 0 Å². The zero-order valence-corrected chi connectivity index (χ0v) is 14.6. The first-order chi connectivity index (χ1) is 10.4. The molecular weight excluding hydrogens is 256 g/mol. The molecule has 0 aromatic rings. The van der Waals surface area contributed by atoms with E-state index in [0.29, 0.717) is 0 Å². The lowest BCUT2D eigenvalue weighted by Crippen LogP contribution is -3.10. The van der Waals surface area contributed by atoms with Gasteiger partial charge < -0.3 is 16.7 Å². The van der Waals surface area contributed by atoms with Crippen LogP contribution in [0.2, 0.25) is 0 Å². The molecule has 1 N–H and O–H groups in total. The second-order valence-electron chi connectivity index (χ2n) is 6.70. The van der Waals surface area contributed by atoms with Crippen LogP contribution in [0.3, 0.4) is 0 Å². The zero-order chi connectivity index (χ0) is 15.8. The first-order valence-corrected chi connectivity index (χ1v) is 9.42. The highest BCUT2D eigenvalue weighted by atomic mass is 15.1. The number of unbranched alkanes of at least 4 members (excludes halogenated alkanes) is 9. The average Bonchev–Trinajstić information content (AvgIpc) is 2.99. The highest BCUT2D eigenvalue weighted by Gasteiger charge is 2.23. The van der Waals surface area contributed by atoms with Crippen LogP contribution in [-0.2, 0) is 0 Å². The summed E-state index contributed by atoms with van der Waals surface area (Å²) in [7, 11) is 0. The summed E-state index contributed by atoms with van der Waals surface area (Å²) in [5.74, 6) is 1.04. The molecule has 0 radical (unpaired) electrons. The van der Waals surface area contributed by atoms with Crippen molar-refractivity contribution in [2.45, 2.75) is 90.9 Å². The second kappa shape index (κ2) is 15.8. The quantitative estimate of drug-likeness (QED) is 0.421. The molecule has 1 fully saturated rings. The van der Waals surface area contributed by atoms with Gasteiger partial charge in [0.1, 0.15) is 0 Å². The molecule has 0 saturated carbocycles. The van der Waals surface area contributed by atoms with E-state index in [4.69, 9.17) is 11.8 Å². The van der Waals surface area contributed by atoms with Crippen molar-refractivity contribution >= 4 is 0 Å². The van der Waals surface area contributed by atoms with E-state index in [2.05, 4.69) is 13.8 Å². The molecule has 0 amide bonds. The summed E-state index contributed by atoms with van der Waals surface area (Å²) in [6.45, 7) is 13.8. The lowest BCUT2D eigenvalue weighted by Gasteiger charge is -2.12. The maximum absolute atomic E-state index is 6.25. The van der Waals surface area contributed by atoms with E-state index in [0.717, 1.165) is 5.92 Å². The molecule has 1 heterocycles. The Balaban J connectivity index is 0.00000191. The first kappa shape index (κ1) is 20.5. The minimum absolute atomic E-state index is 1.04. The number of nitrogens with one attached hydrogen (secondary N) is 1. The number of rotatable bonds is 12. The van der Waals surface area contributed by atoms with Crippen molar-refractivity contribution in [2.75, 3.05) is 19.6 Å². The zero-order valence-electron chi connectivity index (χ0n) is 14.6. The summed E-state index contributed by atoms with van der Waals surface area (Å²) in [4.78, 5) is 1.89. The first-order valence-electron chi connectivity index (χ1n) is 9.42. The van der Waals surface area contributed by atoms with Gasteiger partial charge in [-0.1, -0.05) is 65.2 Å². The van der Waals surface area contributed by atoms with Gasteiger partial charge in [0.15, 0.2) is 0 Å². The normalized spacial score (nSPS) is 21.0. The van der Waals surface area contributed by atoms with Gasteiger partial charge in [-0.3, -0.25) is 0 Å². The Kier molecular flexibility index (Phi) is 15.4. The van der Waals surface area contributed by atoms with Crippen LogP contribution < -0.4 is 4.90 Å². The van der Waals surface area contributed by atoms with Gasteiger partial charge in [0.05, 0.1) is 19.6 Å². The maximum atomic E-state index is 6.25. The Morgan fingerprint density at radius 1 is 0.857 bits per heavy atom. The van der Waals surface area contributed by atoms with Gasteiger partial charge in [-0.05, 0) is 19.3 Å². The van der Waals surface area contributed by atoms with E-state index in [1.807, 2.05) is 4.90 Å². The molecule has 1 aliphatic heterocycles. The largest absolute Gasteiger partial charge is 0.512 e. The van der Waals surface area contributed by atoms with Gasteiger partial charge >= 0.3 is 0 Å². The lowest BCUT2D eigenvalue weighted by molar-refractivity contribution is -0.889. The molecule has 0 bridgehead atoms. The summed E-state index contributed by atoms with van der Waals surface area (Å²) in [5, 5.41) is 6.25. The van der Waals surface area contributed by atoms with Crippen LogP contribution in [0.15, 0.2) is 0 Å². The fraction of sp³-hybridized carbons (Fsp3) is 0.947. The van der Waals surface area contributed by atoms with Crippen molar-refractivity contribution in [3.05, 3.63) is 6.57 Å². The number of hydrogen-bond donors (Lipinski definition) is 1. The summed E-state index contributed by atoms with van der Waals surface area (Å²) in [6.07, 6.45) is 17.5. The Bertz CT molecular complexity index is 225. The molecule has 0 aliphatic carbocycles. The van der Waals surface area contributed by atoms with Crippen LogP contribution in [0.4, 0.5) is 0 Å². The van der Waals surface area contributed by atoms with Crippen LogP contribution in [0, 0.1) is 17.8 Å². The molecular formula is C19H38N2. The topological polar surface area (TPSA) is 28.2 Å². The SMILES string of the molecule is CCCCCCCCCCCC[NH+]1CCC(CC)C1.[C-]#N. The second-order valence-corrected chi connectivity index (χ2v) is 6.70. The van der Waals surface area contributed by atoms with Gasteiger partial charge in [-0.15, -0.1) is 0 Å². The van der Waals surface area contributed by atoms with Gasteiger partial charge in [0, 0.05) is 12.3 Å². The summed E-state index contributed by atoms with van der Waals surface area (Å²) in [5.41, 5.74) is 0. The van der Waals surface area contributed by atoms with Crippen molar-refractivity contribution in [3.63, 3.8) is 0 Å². The molecule has 2 heteroatoms. The van der Waals surface area contributed by atoms with E-state index in [1.54, 1.807) is 0 Å². The molecule has 1 rings (SSSR count). The van der Waals surface area contributed by atoms with E-state index in [9.17, 15) is 0 Å². The Morgan fingerprint density at radius 2 is 1.38 bits per heavy atom. The lowest BCUT2D eigenvalue weighted by atomic mass is 10.1. The number of likely N-dealkylation sites (tertiary alicyclic amines) is 1. The van der Waals surface area contributed by atoms with Crippen LogP contribution in [0.5, 0.6) is 0 Å². The van der Waals surface area contributed by atoms with E-state index in [-0.39, 0.29) is 0 Å². The molecule has 0 spiro atoms. The van der Waals surface area contributed by atoms with Gasteiger partial charge in [-0.25, -0.2) is 0 Å². The fourth-order valence-corrected chi connectivity index (χ4v) is 3.46. The van der Waals surface area contributed by atoms with E-state index in [1.165, 1.54) is 96.7 Å². The van der Waals surface area contributed by atoms with E-state index < -0.39 is 0 Å². The summed E-state index contributed by atoms with van der Waals surface area (Å²) < 4.78 is 0. The molecule has 2 unspecified atom stereocenters. The molecule has 2 atom stereocenters. The van der Waals surface area contributed by atoms with Crippen molar-refractivity contribution in [1.82, 2.24) is 0 Å². The predicted octanol–water partition coefficient (Wildman–Crippen LogP) is 4.32. The maximum Gasteiger partial charge on any atom is 0.0801 e. The third-order valence-corrected chi connectivity index (χ3v) is 4.94. The summed E-state index contributed by atoms with van der Waals surface area (Å²) >= 11 is 0. The predicted molar refractivity (Wildman–Crippen MR) is 90.8 cm³/mol.